The molecular formula is C23H28N6O3S2. The summed E-state index contributed by atoms with van der Waals surface area (Å²) in [4.78, 5) is 33.0. The van der Waals surface area contributed by atoms with Gasteiger partial charge in [-0.15, -0.1) is 0 Å². The summed E-state index contributed by atoms with van der Waals surface area (Å²) in [6.45, 7) is 3.88. The highest BCUT2D eigenvalue weighted by Gasteiger charge is 2.36. The van der Waals surface area contributed by atoms with Crippen LogP contribution >= 0.6 is 23.8 Å². The smallest absolute Gasteiger partial charge is 0.256 e. The fraction of sp³-hybridized carbons (Fsp3) is 0.348. The second kappa shape index (κ2) is 11.2. The fourth-order valence-electron chi connectivity index (χ4n) is 3.74. The molecule has 0 spiro atoms. The lowest BCUT2D eigenvalue weighted by molar-refractivity contribution is -0.160. The largest absolute Gasteiger partial charge is 0.353 e. The molecule has 3 aromatic rings. The highest BCUT2D eigenvalue weighted by atomic mass is 32.2. The minimum Gasteiger partial charge on any atom is -0.353 e. The van der Waals surface area contributed by atoms with Gasteiger partial charge in [0.2, 0.25) is 5.95 Å². The van der Waals surface area contributed by atoms with Crippen molar-refractivity contribution in [1.82, 2.24) is 14.9 Å². The lowest BCUT2D eigenvalue weighted by atomic mass is 10.2. The minimum absolute atomic E-state index is 0.0906. The molecule has 180 valence electrons. The van der Waals surface area contributed by atoms with Crippen LogP contribution in [0.1, 0.15) is 13.3 Å². The number of nitrogens with one attached hydrogen (secondary N) is 1. The van der Waals surface area contributed by atoms with Crippen molar-refractivity contribution in [2.24, 2.45) is 5.73 Å². The van der Waals surface area contributed by atoms with Crippen LogP contribution in [0.4, 0.5) is 17.3 Å². The molecule has 1 amide bonds. The molecule has 1 unspecified atom stereocenters. The molecule has 0 aliphatic carbocycles. The van der Waals surface area contributed by atoms with Crippen molar-refractivity contribution in [3.63, 3.8) is 0 Å². The molecule has 11 heteroatoms. The Hall–Kier alpha value is -2.57. The molecule has 1 aliphatic heterocycles. The van der Waals surface area contributed by atoms with Crippen LogP contribution in [-0.4, -0.2) is 59.9 Å². The van der Waals surface area contributed by atoms with Crippen LogP contribution in [-0.2, 0) is 14.0 Å². The highest BCUT2D eigenvalue weighted by Crippen LogP contribution is 2.46. The van der Waals surface area contributed by atoms with Crippen molar-refractivity contribution in [3.05, 3.63) is 42.6 Å². The van der Waals surface area contributed by atoms with E-state index in [1.807, 2.05) is 60.2 Å². The maximum Gasteiger partial charge on any atom is 0.256 e. The zero-order valence-electron chi connectivity index (χ0n) is 19.4. The van der Waals surface area contributed by atoms with Gasteiger partial charge < -0.3 is 20.9 Å². The van der Waals surface area contributed by atoms with Gasteiger partial charge in [0.05, 0.1) is 35.3 Å². The first kappa shape index (κ1) is 24.6. The number of nitrogens with zero attached hydrogens (tertiary/aromatic N) is 4. The number of carbonyl (C=O) groups is 1. The predicted octanol–water partition coefficient (Wildman–Crippen LogP) is 4.02. The Kier molecular flexibility index (Phi) is 8.11. The number of hydrogen-bond donors (Lipinski definition) is 2. The van der Waals surface area contributed by atoms with Crippen molar-refractivity contribution in [3.8, 4) is 0 Å². The third kappa shape index (κ3) is 5.23. The third-order valence-corrected chi connectivity index (χ3v) is 7.50. The molecule has 0 saturated carbocycles. The number of nitrogens with two attached hydrogens (primary N) is 1. The van der Waals surface area contributed by atoms with E-state index in [-0.39, 0.29) is 11.3 Å². The normalized spacial score (nSPS) is 14.9. The van der Waals surface area contributed by atoms with Crippen LogP contribution < -0.4 is 16.0 Å². The number of carbonyl (C=O) groups excluding carboxylic acids is 1. The van der Waals surface area contributed by atoms with Gasteiger partial charge in [-0.05, 0) is 50.2 Å². The maximum atomic E-state index is 13.3. The molecule has 34 heavy (non-hydrogen) atoms. The van der Waals surface area contributed by atoms with Crippen LogP contribution in [0, 0.1) is 0 Å². The SMILES string of the molecule is CCN(CCCN)C(=O)C1Sc2c(ccc3cnc(Nc4cccc(SOOC)c4)nc23)N1C. The van der Waals surface area contributed by atoms with Gasteiger partial charge in [0, 0.05) is 42.3 Å². The van der Waals surface area contributed by atoms with Gasteiger partial charge in [0.25, 0.3) is 5.91 Å². The van der Waals surface area contributed by atoms with E-state index in [1.54, 1.807) is 6.20 Å². The van der Waals surface area contributed by atoms with E-state index in [4.69, 9.17) is 15.1 Å². The number of amides is 1. The molecule has 0 bridgehead atoms. The summed E-state index contributed by atoms with van der Waals surface area (Å²) < 4.78 is 4.93. The Bertz CT molecular complexity index is 1160. The monoisotopic (exact) mass is 500 g/mol. The van der Waals surface area contributed by atoms with Gasteiger partial charge in [-0.25, -0.2) is 14.9 Å². The van der Waals surface area contributed by atoms with Crippen LogP contribution in [0.5, 0.6) is 0 Å². The van der Waals surface area contributed by atoms with E-state index in [0.29, 0.717) is 25.6 Å². The molecule has 2 heterocycles. The van der Waals surface area contributed by atoms with Crippen molar-refractivity contribution in [1.29, 1.82) is 0 Å². The average Bonchev–Trinajstić information content (AvgIpc) is 3.20. The summed E-state index contributed by atoms with van der Waals surface area (Å²) in [6, 6.07) is 11.7. The van der Waals surface area contributed by atoms with Crippen LogP contribution in [0.3, 0.4) is 0 Å². The molecule has 0 fully saturated rings. The number of fused-ring (bicyclic) bond motifs is 3. The topological polar surface area (TPSA) is 106 Å². The molecule has 0 radical (unpaired) electrons. The van der Waals surface area contributed by atoms with Gasteiger partial charge in [0.1, 0.15) is 0 Å². The number of likely N-dealkylation sites (N-methyl/N-ethyl adjacent to an activating group) is 2. The summed E-state index contributed by atoms with van der Waals surface area (Å²) in [5, 5.41) is 3.85. The van der Waals surface area contributed by atoms with Gasteiger partial charge in [-0.2, -0.15) is 4.33 Å². The summed E-state index contributed by atoms with van der Waals surface area (Å²) in [7, 11) is 3.42. The van der Waals surface area contributed by atoms with Gasteiger partial charge >= 0.3 is 0 Å². The Morgan fingerprint density at radius 3 is 2.97 bits per heavy atom. The molecule has 1 aliphatic rings. The molecule has 1 atom stereocenters. The second-order valence-corrected chi connectivity index (χ2v) is 9.52. The number of thioether (sulfide) groups is 1. The zero-order valence-corrected chi connectivity index (χ0v) is 21.0. The quantitative estimate of drug-likeness (QED) is 0.241. The van der Waals surface area contributed by atoms with E-state index >= 15 is 0 Å². The third-order valence-electron chi connectivity index (χ3n) is 5.47. The highest BCUT2D eigenvalue weighted by molar-refractivity contribution is 8.01. The summed E-state index contributed by atoms with van der Waals surface area (Å²) in [5.41, 5.74) is 8.29. The molecule has 2 aromatic carbocycles. The first-order chi connectivity index (χ1) is 16.5. The summed E-state index contributed by atoms with van der Waals surface area (Å²) in [6.07, 6.45) is 2.59. The van der Waals surface area contributed by atoms with Crippen molar-refractivity contribution in [2.45, 2.75) is 28.5 Å². The standard InChI is InChI=1S/C23H28N6O3S2/c1-4-29(12-6-11-24)21(30)22-28(2)18-10-9-15-14-25-23(27-19(15)20(18)33-22)26-16-7-5-8-17(13-16)34-32-31-3/h5,7-10,13-14,22H,4,6,11-12,24H2,1-3H3,(H,25,26,27). The summed E-state index contributed by atoms with van der Waals surface area (Å²) >= 11 is 2.66. The van der Waals surface area contributed by atoms with Gasteiger partial charge in [0.15, 0.2) is 5.37 Å². The molecule has 4 rings (SSSR count). The van der Waals surface area contributed by atoms with Crippen molar-refractivity contribution in [2.75, 3.05) is 44.0 Å². The Morgan fingerprint density at radius 2 is 2.21 bits per heavy atom. The van der Waals surface area contributed by atoms with Crippen molar-refractivity contribution >= 4 is 57.9 Å². The first-order valence-corrected chi connectivity index (χ1v) is 12.6. The van der Waals surface area contributed by atoms with E-state index in [1.165, 1.54) is 18.9 Å². The Morgan fingerprint density at radius 1 is 1.35 bits per heavy atom. The lowest BCUT2D eigenvalue weighted by Crippen LogP contribution is -2.44. The second-order valence-electron chi connectivity index (χ2n) is 7.66. The van der Waals surface area contributed by atoms with Gasteiger partial charge in [-0.1, -0.05) is 17.8 Å². The van der Waals surface area contributed by atoms with E-state index < -0.39 is 0 Å². The number of hydrogen-bond acceptors (Lipinski definition) is 10. The molecule has 0 saturated heterocycles. The van der Waals surface area contributed by atoms with Crippen LogP contribution in [0.15, 0.2) is 52.4 Å². The van der Waals surface area contributed by atoms with Gasteiger partial charge in [-0.3, -0.25) is 4.79 Å². The Labute approximate surface area is 207 Å². The zero-order chi connectivity index (χ0) is 24.1. The number of anilines is 3. The van der Waals surface area contributed by atoms with Crippen molar-refractivity contribution < 1.29 is 14.0 Å². The number of benzene rings is 2. The first-order valence-electron chi connectivity index (χ1n) is 11.0. The average molecular weight is 501 g/mol. The Balaban J connectivity index is 1.59. The molecule has 1 aromatic heterocycles. The molecule has 3 N–H and O–H groups in total. The van der Waals surface area contributed by atoms with E-state index in [9.17, 15) is 4.79 Å². The number of aromatic nitrogens is 2. The maximum absolute atomic E-state index is 13.3. The molecular weight excluding hydrogens is 472 g/mol. The van der Waals surface area contributed by atoms with Crippen LogP contribution in [0.25, 0.3) is 10.9 Å². The predicted molar refractivity (Wildman–Crippen MR) is 137 cm³/mol. The molecule has 9 nitrogen and oxygen atoms in total. The van der Waals surface area contributed by atoms with E-state index in [2.05, 4.69) is 15.2 Å². The van der Waals surface area contributed by atoms with Crippen LogP contribution in [0.2, 0.25) is 0 Å². The number of rotatable bonds is 10. The fourth-order valence-corrected chi connectivity index (χ4v) is 5.55. The minimum atomic E-state index is -0.334. The van der Waals surface area contributed by atoms with E-state index in [0.717, 1.165) is 50.5 Å². The lowest BCUT2D eigenvalue weighted by Gasteiger charge is -2.28. The summed E-state index contributed by atoms with van der Waals surface area (Å²) in [5.74, 6) is 0.569.